The van der Waals surface area contributed by atoms with Crippen LogP contribution in [-0.2, 0) is 16.6 Å². The third-order valence-corrected chi connectivity index (χ3v) is 7.78. The van der Waals surface area contributed by atoms with Gasteiger partial charge in [-0.2, -0.15) is 4.31 Å². The molecule has 0 saturated carbocycles. The van der Waals surface area contributed by atoms with Gasteiger partial charge in [0.15, 0.2) is 0 Å². The number of carbonyl (C=O) groups excluding carboxylic acids is 1. The summed E-state index contributed by atoms with van der Waals surface area (Å²) in [4.78, 5) is 13.5. The fourth-order valence-corrected chi connectivity index (χ4v) is 5.54. The van der Waals surface area contributed by atoms with Crippen molar-refractivity contribution < 1.29 is 26.4 Å². The van der Waals surface area contributed by atoms with E-state index in [0.717, 1.165) is 27.8 Å². The van der Waals surface area contributed by atoms with Gasteiger partial charge in [-0.25, -0.2) is 21.6 Å². The van der Waals surface area contributed by atoms with E-state index in [1.165, 1.54) is 24.3 Å². The minimum absolute atomic E-state index is 0.0923. The van der Waals surface area contributed by atoms with Crippen molar-refractivity contribution in [2.45, 2.75) is 11.4 Å². The molecule has 0 spiro atoms. The molecule has 174 valence electrons. The van der Waals surface area contributed by atoms with Crippen molar-refractivity contribution in [3.05, 3.63) is 69.9 Å². The molecule has 8 nitrogen and oxygen atoms in total. The van der Waals surface area contributed by atoms with Crippen molar-refractivity contribution in [3.63, 3.8) is 0 Å². The molecular weight excluding hydrogens is 479 g/mol. The van der Waals surface area contributed by atoms with Crippen LogP contribution in [0, 0.1) is 17.5 Å². The summed E-state index contributed by atoms with van der Waals surface area (Å²) in [5.41, 5.74) is 0.421. The lowest BCUT2D eigenvalue weighted by Crippen LogP contribution is -2.48. The van der Waals surface area contributed by atoms with E-state index in [1.54, 1.807) is 0 Å². The summed E-state index contributed by atoms with van der Waals surface area (Å²) in [5.74, 6) is -2.72. The van der Waals surface area contributed by atoms with Gasteiger partial charge in [0.25, 0.3) is 5.91 Å². The molecule has 0 aliphatic carbocycles. The number of benzene rings is 2. The first kappa shape index (κ1) is 23.3. The number of nitrogens with zero attached hydrogens (tertiary/aromatic N) is 4. The predicted molar refractivity (Wildman–Crippen MR) is 115 cm³/mol. The molecular formula is C20H18F3N5O3S2. The lowest BCUT2D eigenvalue weighted by atomic mass is 10.3. The van der Waals surface area contributed by atoms with Gasteiger partial charge in [0.1, 0.15) is 27.4 Å². The Bertz CT molecular complexity index is 1260. The van der Waals surface area contributed by atoms with E-state index in [-0.39, 0.29) is 18.1 Å². The van der Waals surface area contributed by atoms with Crippen LogP contribution in [0.5, 0.6) is 0 Å². The Balaban J connectivity index is 1.34. The zero-order valence-electron chi connectivity index (χ0n) is 17.0. The SMILES string of the molecule is O=C(Nc1ccc(F)cc1)c1nnc(CN2CCN(S(=O)(=O)c3cc(F)ccc3F)CC2)s1. The number of nitrogens with one attached hydrogen (secondary N) is 1. The quantitative estimate of drug-likeness (QED) is 0.563. The van der Waals surface area contributed by atoms with Crippen molar-refractivity contribution in [3.8, 4) is 0 Å². The minimum Gasteiger partial charge on any atom is -0.320 e. The topological polar surface area (TPSA) is 95.5 Å². The molecule has 1 amide bonds. The summed E-state index contributed by atoms with van der Waals surface area (Å²) in [7, 11) is -4.16. The summed E-state index contributed by atoms with van der Waals surface area (Å²) in [6, 6.07) is 7.64. The Morgan fingerprint density at radius 1 is 0.970 bits per heavy atom. The van der Waals surface area contributed by atoms with Crippen LogP contribution in [0.15, 0.2) is 47.4 Å². The number of sulfonamides is 1. The smallest absolute Gasteiger partial charge is 0.286 e. The Morgan fingerprint density at radius 2 is 1.64 bits per heavy atom. The second-order valence-corrected chi connectivity index (χ2v) is 10.2. The summed E-state index contributed by atoms with van der Waals surface area (Å²) in [6.07, 6.45) is 0. The van der Waals surface area contributed by atoms with E-state index >= 15 is 0 Å². The van der Waals surface area contributed by atoms with E-state index in [4.69, 9.17) is 0 Å². The summed E-state index contributed by atoms with van der Waals surface area (Å²) in [6.45, 7) is 1.22. The molecule has 1 N–H and O–H groups in total. The molecule has 1 saturated heterocycles. The maximum absolute atomic E-state index is 14.0. The van der Waals surface area contributed by atoms with Crippen molar-refractivity contribution >= 4 is 33.0 Å². The van der Waals surface area contributed by atoms with Crippen molar-refractivity contribution in [2.75, 3.05) is 31.5 Å². The van der Waals surface area contributed by atoms with E-state index in [0.29, 0.717) is 36.4 Å². The highest BCUT2D eigenvalue weighted by atomic mass is 32.2. The van der Waals surface area contributed by atoms with Crippen LogP contribution in [-0.4, -0.2) is 59.9 Å². The number of hydrogen-bond donors (Lipinski definition) is 1. The zero-order chi connectivity index (χ0) is 23.6. The van der Waals surface area contributed by atoms with Gasteiger partial charge in [-0.05, 0) is 42.5 Å². The average molecular weight is 498 g/mol. The lowest BCUT2D eigenvalue weighted by Gasteiger charge is -2.33. The monoisotopic (exact) mass is 497 g/mol. The van der Waals surface area contributed by atoms with Crippen molar-refractivity contribution in [1.29, 1.82) is 0 Å². The number of piperazine rings is 1. The molecule has 13 heteroatoms. The van der Waals surface area contributed by atoms with Crippen LogP contribution in [0.4, 0.5) is 18.9 Å². The molecule has 0 radical (unpaired) electrons. The molecule has 1 fully saturated rings. The fourth-order valence-electron chi connectivity index (χ4n) is 3.26. The Morgan fingerprint density at radius 3 is 2.33 bits per heavy atom. The Kier molecular flexibility index (Phi) is 6.74. The number of halogens is 3. The largest absolute Gasteiger partial charge is 0.320 e. The van der Waals surface area contributed by atoms with Gasteiger partial charge in [0.2, 0.25) is 15.0 Å². The first-order chi connectivity index (χ1) is 15.7. The number of rotatable bonds is 6. The number of anilines is 1. The Labute approximate surface area is 191 Å². The maximum atomic E-state index is 14.0. The van der Waals surface area contributed by atoms with Crippen LogP contribution in [0.3, 0.4) is 0 Å². The third-order valence-electron chi connectivity index (χ3n) is 4.96. The van der Waals surface area contributed by atoms with Crippen LogP contribution in [0.2, 0.25) is 0 Å². The molecule has 2 aromatic carbocycles. The highest BCUT2D eigenvalue weighted by Gasteiger charge is 2.31. The molecule has 1 aliphatic heterocycles. The molecule has 3 aromatic rings. The lowest BCUT2D eigenvalue weighted by molar-refractivity contribution is 0.102. The predicted octanol–water partition coefficient (Wildman–Crippen LogP) is 2.71. The summed E-state index contributed by atoms with van der Waals surface area (Å²) >= 11 is 1.09. The van der Waals surface area contributed by atoms with Gasteiger partial charge in [-0.15, -0.1) is 10.2 Å². The first-order valence-corrected chi connectivity index (χ1v) is 12.0. The molecule has 2 heterocycles. The van der Waals surface area contributed by atoms with Crippen molar-refractivity contribution in [2.24, 2.45) is 0 Å². The van der Waals surface area contributed by atoms with Gasteiger partial charge >= 0.3 is 0 Å². The molecule has 1 aliphatic rings. The fraction of sp³-hybridized carbons (Fsp3) is 0.250. The summed E-state index contributed by atoms with van der Waals surface area (Å²) < 4.78 is 66.9. The molecule has 4 rings (SSSR count). The van der Waals surface area contributed by atoms with E-state index in [2.05, 4.69) is 15.5 Å². The molecule has 0 bridgehead atoms. The summed E-state index contributed by atoms with van der Waals surface area (Å²) in [5, 5.41) is 11.2. The molecule has 33 heavy (non-hydrogen) atoms. The van der Waals surface area contributed by atoms with E-state index in [1.807, 2.05) is 4.90 Å². The van der Waals surface area contributed by atoms with Crippen LogP contribution in [0.25, 0.3) is 0 Å². The van der Waals surface area contributed by atoms with Crippen molar-refractivity contribution in [1.82, 2.24) is 19.4 Å². The average Bonchev–Trinajstić information content (AvgIpc) is 3.26. The minimum atomic E-state index is -4.16. The van der Waals surface area contributed by atoms with E-state index < -0.39 is 38.3 Å². The standard InChI is InChI=1S/C20H18F3N5O3S2/c21-13-1-4-15(5-2-13)24-19(29)20-26-25-18(32-20)12-27-7-9-28(10-8-27)33(30,31)17-11-14(22)3-6-16(17)23/h1-6,11H,7-10,12H2,(H,24,29). The van der Waals surface area contributed by atoms with Crippen LogP contribution < -0.4 is 5.32 Å². The van der Waals surface area contributed by atoms with Crippen LogP contribution in [0.1, 0.15) is 14.8 Å². The van der Waals surface area contributed by atoms with Gasteiger partial charge in [-0.3, -0.25) is 9.69 Å². The Hall–Kier alpha value is -2.87. The second kappa shape index (κ2) is 9.55. The normalized spacial score (nSPS) is 15.5. The molecule has 0 atom stereocenters. The number of carbonyl (C=O) groups is 1. The highest BCUT2D eigenvalue weighted by Crippen LogP contribution is 2.23. The maximum Gasteiger partial charge on any atom is 0.286 e. The first-order valence-electron chi connectivity index (χ1n) is 9.79. The number of hydrogen-bond acceptors (Lipinski definition) is 7. The molecule has 1 aromatic heterocycles. The van der Waals surface area contributed by atoms with E-state index in [9.17, 15) is 26.4 Å². The third kappa shape index (κ3) is 5.38. The molecule has 0 unspecified atom stereocenters. The zero-order valence-corrected chi connectivity index (χ0v) is 18.7. The van der Waals surface area contributed by atoms with Crippen LogP contribution >= 0.6 is 11.3 Å². The number of aromatic nitrogens is 2. The highest BCUT2D eigenvalue weighted by molar-refractivity contribution is 7.89. The second-order valence-electron chi connectivity index (χ2n) is 7.22. The van der Waals surface area contributed by atoms with Gasteiger partial charge in [0, 0.05) is 31.9 Å². The van der Waals surface area contributed by atoms with Gasteiger partial charge < -0.3 is 5.32 Å². The number of amides is 1. The van der Waals surface area contributed by atoms with Gasteiger partial charge in [-0.1, -0.05) is 11.3 Å². The van der Waals surface area contributed by atoms with Gasteiger partial charge in [0.05, 0.1) is 6.54 Å².